The summed E-state index contributed by atoms with van der Waals surface area (Å²) in [5.41, 5.74) is 1.76. The number of hydrogen-bond donors (Lipinski definition) is 2. The van der Waals surface area contributed by atoms with E-state index in [1.54, 1.807) is 31.2 Å². The number of thiocarbonyl (C=S) groups is 1. The number of esters is 1. The molecule has 0 saturated heterocycles. The summed E-state index contributed by atoms with van der Waals surface area (Å²) >= 11 is 12.8. The molecule has 7 nitrogen and oxygen atoms in total. The van der Waals surface area contributed by atoms with Crippen molar-refractivity contribution in [2.45, 2.75) is 6.92 Å². The minimum Gasteiger partial charge on any atom is -0.465 e. The zero-order valence-corrected chi connectivity index (χ0v) is 17.1. The largest absolute Gasteiger partial charge is 0.465 e. The maximum Gasteiger partial charge on any atom is 0.349 e. The van der Waals surface area contributed by atoms with Crippen LogP contribution in [0.5, 0.6) is 0 Å². The molecule has 144 valence electrons. The maximum absolute atomic E-state index is 11.8. The van der Waals surface area contributed by atoms with Gasteiger partial charge in [0.05, 0.1) is 17.1 Å². The summed E-state index contributed by atoms with van der Waals surface area (Å²) in [7, 11) is 1.30. The van der Waals surface area contributed by atoms with E-state index >= 15 is 0 Å². The first-order chi connectivity index (χ1) is 13.3. The lowest BCUT2D eigenvalue weighted by Crippen LogP contribution is -2.19. The Morgan fingerprint density at radius 3 is 2.50 bits per heavy atom. The van der Waals surface area contributed by atoms with Crippen molar-refractivity contribution in [1.29, 1.82) is 0 Å². The molecule has 1 aromatic heterocycles. The highest BCUT2D eigenvalue weighted by molar-refractivity contribution is 7.80. The van der Waals surface area contributed by atoms with E-state index in [1.807, 2.05) is 6.07 Å². The molecule has 0 spiro atoms. The lowest BCUT2D eigenvalue weighted by molar-refractivity contribution is -0.385. The van der Waals surface area contributed by atoms with E-state index < -0.39 is 10.9 Å². The predicted molar refractivity (Wildman–Crippen MR) is 116 cm³/mol. The first-order valence-corrected chi connectivity index (χ1v) is 9.54. The molecule has 0 bridgehead atoms. The van der Waals surface area contributed by atoms with Crippen LogP contribution in [-0.2, 0) is 4.74 Å². The Morgan fingerprint density at radius 2 is 1.86 bits per heavy atom. The number of benzene rings is 2. The van der Waals surface area contributed by atoms with Crippen LogP contribution in [0.2, 0.25) is 5.02 Å². The van der Waals surface area contributed by atoms with E-state index in [2.05, 4.69) is 10.6 Å². The topological polar surface area (TPSA) is 93.5 Å². The minimum absolute atomic E-state index is 0.0118. The Morgan fingerprint density at radius 1 is 1.21 bits per heavy atom. The molecule has 1 heterocycles. The lowest BCUT2D eigenvalue weighted by atomic mass is 10.2. The van der Waals surface area contributed by atoms with Crippen LogP contribution < -0.4 is 10.6 Å². The molecular formula is C18H14ClN3O4S2. The number of fused-ring (bicyclic) bond motifs is 1. The highest BCUT2D eigenvalue weighted by atomic mass is 35.5. The molecule has 0 saturated carbocycles. The smallest absolute Gasteiger partial charge is 0.349 e. The molecule has 0 atom stereocenters. The number of nitro groups is 1. The van der Waals surface area contributed by atoms with E-state index in [4.69, 9.17) is 28.6 Å². The van der Waals surface area contributed by atoms with Crippen molar-refractivity contribution in [2.24, 2.45) is 0 Å². The fourth-order valence-corrected chi connectivity index (χ4v) is 4.25. The van der Waals surface area contributed by atoms with Gasteiger partial charge >= 0.3 is 5.97 Å². The number of nitrogens with zero attached hydrogens (tertiary/aromatic N) is 1. The van der Waals surface area contributed by atoms with Gasteiger partial charge in [0.25, 0.3) is 5.69 Å². The SMILES string of the molecule is COC(=O)c1sc2cc(NC(=S)Nc3ccc(C)c([N+](=O)[O-])c3)ccc2c1Cl. The van der Waals surface area contributed by atoms with Gasteiger partial charge < -0.3 is 15.4 Å². The number of nitro benzene ring substituents is 1. The number of carbonyl (C=O) groups excluding carboxylic acids is 1. The monoisotopic (exact) mass is 435 g/mol. The van der Waals surface area contributed by atoms with Crippen LogP contribution in [0.1, 0.15) is 15.2 Å². The number of aryl methyl sites for hydroxylation is 1. The first-order valence-electron chi connectivity index (χ1n) is 7.93. The lowest BCUT2D eigenvalue weighted by Gasteiger charge is -2.11. The minimum atomic E-state index is -0.487. The molecule has 2 aromatic carbocycles. The number of hydrogen-bond acceptors (Lipinski definition) is 6. The number of methoxy groups -OCH3 is 1. The highest BCUT2D eigenvalue weighted by Gasteiger charge is 2.18. The van der Waals surface area contributed by atoms with Gasteiger partial charge in [-0.2, -0.15) is 0 Å². The Balaban J connectivity index is 1.79. The standard InChI is InChI=1S/C18H14ClN3O4S2/c1-9-3-4-10(7-13(9)22(24)25)20-18(27)21-11-5-6-12-14(8-11)28-16(15(12)19)17(23)26-2/h3-8H,1-2H3,(H2,20,21,27). The molecule has 2 N–H and O–H groups in total. The van der Waals surface area contributed by atoms with E-state index in [1.165, 1.54) is 24.5 Å². The van der Waals surface area contributed by atoms with Crippen LogP contribution in [-0.4, -0.2) is 23.1 Å². The van der Waals surface area contributed by atoms with E-state index in [9.17, 15) is 14.9 Å². The third-order valence-corrected chi connectivity index (χ3v) is 5.76. The van der Waals surface area contributed by atoms with Crippen LogP contribution in [0, 0.1) is 17.0 Å². The quantitative estimate of drug-likeness (QED) is 0.246. The predicted octanol–water partition coefficient (Wildman–Crippen LogP) is 5.37. The average molecular weight is 436 g/mol. The van der Waals surface area contributed by atoms with Crippen molar-refractivity contribution in [3.63, 3.8) is 0 Å². The maximum atomic E-state index is 11.8. The van der Waals surface area contributed by atoms with Gasteiger partial charge in [-0.15, -0.1) is 11.3 Å². The van der Waals surface area contributed by atoms with Crippen LogP contribution in [0.25, 0.3) is 10.1 Å². The molecule has 3 rings (SSSR count). The van der Waals surface area contributed by atoms with Crippen molar-refractivity contribution in [3.05, 3.63) is 62.0 Å². The average Bonchev–Trinajstić information content (AvgIpc) is 2.98. The second-order valence-corrected chi connectivity index (χ2v) is 7.62. The molecule has 0 amide bonds. The van der Waals surface area contributed by atoms with Gasteiger partial charge in [0, 0.05) is 33.1 Å². The van der Waals surface area contributed by atoms with Gasteiger partial charge in [-0.3, -0.25) is 10.1 Å². The van der Waals surface area contributed by atoms with Gasteiger partial charge in [0.2, 0.25) is 0 Å². The Kier molecular flexibility index (Phi) is 5.78. The van der Waals surface area contributed by atoms with Crippen molar-refractivity contribution < 1.29 is 14.5 Å². The molecule has 0 fully saturated rings. The number of ether oxygens (including phenoxy) is 1. The number of rotatable bonds is 4. The molecule has 10 heteroatoms. The summed E-state index contributed by atoms with van der Waals surface area (Å²) in [5, 5.41) is 18.4. The van der Waals surface area contributed by atoms with Gasteiger partial charge in [0.15, 0.2) is 5.11 Å². The zero-order valence-electron chi connectivity index (χ0n) is 14.7. The summed E-state index contributed by atoms with van der Waals surface area (Å²) in [6, 6.07) is 10.1. The van der Waals surface area contributed by atoms with Gasteiger partial charge in [-0.1, -0.05) is 17.7 Å². The molecule has 0 unspecified atom stereocenters. The van der Waals surface area contributed by atoms with Crippen molar-refractivity contribution in [3.8, 4) is 0 Å². The number of thiophene rings is 1. The van der Waals surface area contributed by atoms with Crippen LogP contribution in [0.15, 0.2) is 36.4 Å². The second kappa shape index (κ2) is 8.09. The fraction of sp³-hybridized carbons (Fsp3) is 0.111. The van der Waals surface area contributed by atoms with Crippen LogP contribution in [0.4, 0.5) is 17.1 Å². The molecule has 28 heavy (non-hydrogen) atoms. The molecular weight excluding hydrogens is 422 g/mol. The summed E-state index contributed by atoms with van der Waals surface area (Å²) in [6.07, 6.45) is 0. The first kappa shape index (κ1) is 20.0. The third-order valence-electron chi connectivity index (χ3n) is 3.92. The summed E-state index contributed by atoms with van der Waals surface area (Å²) in [4.78, 5) is 22.7. The normalized spacial score (nSPS) is 10.5. The van der Waals surface area contributed by atoms with Gasteiger partial charge in [-0.05, 0) is 43.4 Å². The van der Waals surface area contributed by atoms with Crippen molar-refractivity contribution in [2.75, 3.05) is 17.7 Å². The number of anilines is 2. The zero-order chi connectivity index (χ0) is 20.4. The Bertz CT molecular complexity index is 1110. The third kappa shape index (κ3) is 4.06. The van der Waals surface area contributed by atoms with E-state index in [0.717, 1.165) is 10.1 Å². The van der Waals surface area contributed by atoms with Crippen molar-refractivity contribution >= 4 is 73.4 Å². The van der Waals surface area contributed by atoms with Gasteiger partial charge in [0.1, 0.15) is 4.88 Å². The fourth-order valence-electron chi connectivity index (χ4n) is 2.54. The molecule has 0 radical (unpaired) electrons. The molecule has 0 aliphatic carbocycles. The molecule has 0 aliphatic heterocycles. The van der Waals surface area contributed by atoms with Gasteiger partial charge in [-0.25, -0.2) is 4.79 Å². The highest BCUT2D eigenvalue weighted by Crippen LogP contribution is 2.37. The summed E-state index contributed by atoms with van der Waals surface area (Å²) < 4.78 is 5.53. The molecule has 3 aromatic rings. The Labute approximate surface area is 174 Å². The van der Waals surface area contributed by atoms with Crippen LogP contribution in [0.3, 0.4) is 0 Å². The molecule has 0 aliphatic rings. The Hall–Kier alpha value is -2.75. The van der Waals surface area contributed by atoms with E-state index in [0.29, 0.717) is 26.8 Å². The summed E-state index contributed by atoms with van der Waals surface area (Å²) in [6.45, 7) is 1.67. The van der Waals surface area contributed by atoms with Crippen LogP contribution >= 0.6 is 35.2 Å². The second-order valence-electron chi connectivity index (χ2n) is 5.79. The van der Waals surface area contributed by atoms with Crippen molar-refractivity contribution in [1.82, 2.24) is 0 Å². The number of carbonyl (C=O) groups is 1. The summed E-state index contributed by atoms with van der Waals surface area (Å²) in [5.74, 6) is -0.487. The number of halogens is 1. The number of nitrogens with one attached hydrogen (secondary N) is 2. The van der Waals surface area contributed by atoms with E-state index in [-0.39, 0.29) is 10.8 Å².